The van der Waals surface area contributed by atoms with Crippen molar-refractivity contribution >= 4 is 5.97 Å². The number of hydrogen-bond acceptors (Lipinski definition) is 4. The van der Waals surface area contributed by atoms with Gasteiger partial charge in [-0.3, -0.25) is 4.79 Å². The lowest BCUT2D eigenvalue weighted by Crippen LogP contribution is -2.63. The fraction of sp³-hybridized carbons (Fsp3) is 0.960. The van der Waals surface area contributed by atoms with Crippen LogP contribution in [0.3, 0.4) is 0 Å². The summed E-state index contributed by atoms with van der Waals surface area (Å²) in [5.41, 5.74) is -0.103. The predicted molar refractivity (Wildman–Crippen MR) is 115 cm³/mol. The largest absolute Gasteiger partial charge is 0.481 e. The normalized spacial score (nSPS) is 51.5. The predicted octanol–water partition coefficient (Wildman–Crippen LogP) is 3.84. The average Bonchev–Trinajstić information content (AvgIpc) is 3.09. The zero-order valence-electron chi connectivity index (χ0n) is 19.0. The summed E-state index contributed by atoms with van der Waals surface area (Å²) >= 11 is 0. The number of carbonyl (C=O) groups is 1. The van der Waals surface area contributed by atoms with Gasteiger partial charge in [-0.1, -0.05) is 20.8 Å². The van der Waals surface area contributed by atoms with Crippen molar-refractivity contribution in [1.82, 2.24) is 0 Å². The monoisotopic (exact) mass is 422 g/mol. The Bertz CT molecular complexity index is 651. The van der Waals surface area contributed by atoms with Gasteiger partial charge in [0, 0.05) is 11.8 Å². The molecule has 0 heterocycles. The molecule has 0 bridgehead atoms. The first-order chi connectivity index (χ1) is 14.1. The van der Waals surface area contributed by atoms with Gasteiger partial charge in [-0.25, -0.2) is 0 Å². The van der Waals surface area contributed by atoms with Crippen LogP contribution in [-0.4, -0.2) is 44.7 Å². The van der Waals surface area contributed by atoms with E-state index in [0.29, 0.717) is 30.1 Å². The van der Waals surface area contributed by atoms with Gasteiger partial charge >= 0.3 is 5.97 Å². The van der Waals surface area contributed by atoms with Crippen LogP contribution < -0.4 is 0 Å². The van der Waals surface area contributed by atoms with E-state index in [1.807, 2.05) is 0 Å². The van der Waals surface area contributed by atoms with E-state index in [4.69, 9.17) is 5.11 Å². The molecule has 4 fully saturated rings. The van der Waals surface area contributed by atoms with Crippen molar-refractivity contribution in [3.8, 4) is 0 Å². The van der Waals surface area contributed by atoms with Gasteiger partial charge in [-0.2, -0.15) is 0 Å². The molecule has 4 aliphatic carbocycles. The molecule has 4 aliphatic rings. The van der Waals surface area contributed by atoms with E-state index in [9.17, 15) is 20.1 Å². The highest BCUT2D eigenvalue weighted by molar-refractivity contribution is 5.66. The van der Waals surface area contributed by atoms with Gasteiger partial charge in [0.1, 0.15) is 0 Å². The second-order valence-corrected chi connectivity index (χ2v) is 11.5. The molecular formula is C25H42O5. The molecule has 0 amide bonds. The molecule has 0 aromatic heterocycles. The molecule has 0 aromatic rings. The van der Waals surface area contributed by atoms with E-state index in [0.717, 1.165) is 51.4 Å². The Labute approximate surface area is 181 Å². The van der Waals surface area contributed by atoms with Crippen molar-refractivity contribution in [3.05, 3.63) is 0 Å². The number of aliphatic hydroxyl groups is 3. The highest BCUT2D eigenvalue weighted by Crippen LogP contribution is 2.69. The summed E-state index contributed by atoms with van der Waals surface area (Å²) < 4.78 is 0. The molecule has 172 valence electrons. The van der Waals surface area contributed by atoms with Gasteiger partial charge in [0.05, 0.1) is 18.3 Å². The van der Waals surface area contributed by atoms with Crippen LogP contribution in [0, 0.1) is 46.3 Å². The van der Waals surface area contributed by atoms with Crippen molar-refractivity contribution < 1.29 is 25.2 Å². The maximum absolute atomic E-state index is 11.7. The van der Waals surface area contributed by atoms with Crippen molar-refractivity contribution in [2.24, 2.45) is 46.3 Å². The SMILES string of the molecule is CCC12C(O)CC3C(C(O)CC4CC(O)CCC43C)C1CCC2C(C)CCC(=O)O. The van der Waals surface area contributed by atoms with E-state index in [1.165, 1.54) is 0 Å². The van der Waals surface area contributed by atoms with Gasteiger partial charge in [0.2, 0.25) is 0 Å². The maximum Gasteiger partial charge on any atom is 0.303 e. The molecule has 30 heavy (non-hydrogen) atoms. The third-order valence-electron chi connectivity index (χ3n) is 10.6. The quantitative estimate of drug-likeness (QED) is 0.540. The van der Waals surface area contributed by atoms with Crippen LogP contribution in [0.5, 0.6) is 0 Å². The lowest BCUT2D eigenvalue weighted by molar-refractivity contribution is -0.212. The second-order valence-electron chi connectivity index (χ2n) is 11.5. The molecule has 0 aromatic carbocycles. The Balaban J connectivity index is 1.64. The lowest BCUT2D eigenvalue weighted by Gasteiger charge is -2.64. The summed E-state index contributed by atoms with van der Waals surface area (Å²) in [4.78, 5) is 11.1. The molecule has 4 rings (SSSR count). The van der Waals surface area contributed by atoms with E-state index >= 15 is 0 Å². The molecule has 4 N–H and O–H groups in total. The first-order valence-electron chi connectivity index (χ1n) is 12.4. The highest BCUT2D eigenvalue weighted by atomic mass is 16.4. The zero-order valence-corrected chi connectivity index (χ0v) is 19.0. The number of aliphatic hydroxyl groups excluding tert-OH is 3. The minimum Gasteiger partial charge on any atom is -0.481 e. The Morgan fingerprint density at radius 3 is 2.47 bits per heavy atom. The van der Waals surface area contributed by atoms with Crippen molar-refractivity contribution in [3.63, 3.8) is 0 Å². The van der Waals surface area contributed by atoms with Gasteiger partial charge in [0.25, 0.3) is 0 Å². The third kappa shape index (κ3) is 3.26. The summed E-state index contributed by atoms with van der Waals surface area (Å²) in [5.74, 6) is 1.04. The minimum atomic E-state index is -0.743. The lowest BCUT2D eigenvalue weighted by atomic mass is 9.42. The molecule has 5 heteroatoms. The highest BCUT2D eigenvalue weighted by Gasteiger charge is 2.66. The number of hydrogen-bond donors (Lipinski definition) is 4. The summed E-state index contributed by atoms with van der Waals surface area (Å²) in [5, 5.41) is 42.4. The summed E-state index contributed by atoms with van der Waals surface area (Å²) in [6.45, 7) is 6.72. The van der Waals surface area contributed by atoms with Gasteiger partial charge in [-0.05, 0) is 98.7 Å². The van der Waals surface area contributed by atoms with Crippen LogP contribution >= 0.6 is 0 Å². The van der Waals surface area contributed by atoms with Gasteiger partial charge in [0.15, 0.2) is 0 Å². The minimum absolute atomic E-state index is 0.0943. The Kier molecular flexibility index (Phi) is 6.04. The summed E-state index contributed by atoms with van der Waals surface area (Å²) in [6, 6.07) is 0. The number of rotatable bonds is 5. The van der Waals surface area contributed by atoms with E-state index in [2.05, 4.69) is 20.8 Å². The van der Waals surface area contributed by atoms with Crippen LogP contribution in [0.4, 0.5) is 0 Å². The second kappa shape index (κ2) is 8.04. The van der Waals surface area contributed by atoms with Crippen molar-refractivity contribution in [2.75, 3.05) is 0 Å². The Morgan fingerprint density at radius 2 is 1.80 bits per heavy atom. The van der Waals surface area contributed by atoms with Crippen LogP contribution in [0.2, 0.25) is 0 Å². The first kappa shape index (κ1) is 22.5. The molecule has 11 unspecified atom stereocenters. The summed E-state index contributed by atoms with van der Waals surface area (Å²) in [7, 11) is 0. The molecule has 0 radical (unpaired) electrons. The number of carboxylic acids is 1. The molecule has 0 spiro atoms. The molecule has 0 saturated heterocycles. The van der Waals surface area contributed by atoms with E-state index in [-0.39, 0.29) is 47.4 Å². The number of carboxylic acid groups (broad SMARTS) is 1. The van der Waals surface area contributed by atoms with Crippen LogP contribution in [0.25, 0.3) is 0 Å². The van der Waals surface area contributed by atoms with Crippen LogP contribution in [-0.2, 0) is 4.79 Å². The van der Waals surface area contributed by atoms with Crippen LogP contribution in [0.1, 0.15) is 85.0 Å². The fourth-order valence-electron chi connectivity index (χ4n) is 9.19. The van der Waals surface area contributed by atoms with Crippen LogP contribution in [0.15, 0.2) is 0 Å². The third-order valence-corrected chi connectivity index (χ3v) is 10.6. The van der Waals surface area contributed by atoms with Gasteiger partial charge < -0.3 is 20.4 Å². The Hall–Kier alpha value is -0.650. The summed E-state index contributed by atoms with van der Waals surface area (Å²) in [6.07, 6.45) is 6.96. The molecular weight excluding hydrogens is 380 g/mol. The maximum atomic E-state index is 11.7. The van der Waals surface area contributed by atoms with Crippen molar-refractivity contribution in [1.29, 1.82) is 0 Å². The van der Waals surface area contributed by atoms with E-state index < -0.39 is 5.97 Å². The topological polar surface area (TPSA) is 98.0 Å². The number of fused-ring (bicyclic) bond motifs is 5. The first-order valence-corrected chi connectivity index (χ1v) is 12.4. The molecule has 11 atom stereocenters. The van der Waals surface area contributed by atoms with Gasteiger partial charge in [-0.15, -0.1) is 0 Å². The Morgan fingerprint density at radius 1 is 1.07 bits per heavy atom. The van der Waals surface area contributed by atoms with E-state index in [1.54, 1.807) is 0 Å². The zero-order chi connectivity index (χ0) is 21.8. The molecule has 5 nitrogen and oxygen atoms in total. The average molecular weight is 423 g/mol. The molecule has 4 saturated carbocycles. The standard InChI is InChI=1S/C25H42O5/c1-4-25-17(14(2)5-8-22(29)30)6-7-18(25)23-19(13-21(25)28)24(3)10-9-16(26)11-15(24)12-20(23)27/h14-21,23,26-28H,4-13H2,1-3H3,(H,29,30). The number of aliphatic carboxylic acids is 1. The fourth-order valence-corrected chi connectivity index (χ4v) is 9.19. The molecule has 0 aliphatic heterocycles. The smallest absolute Gasteiger partial charge is 0.303 e. The van der Waals surface area contributed by atoms with Crippen molar-refractivity contribution in [2.45, 2.75) is 103 Å².